The second-order valence-electron chi connectivity index (χ2n) is 3.39. The number of hydrogen-bond acceptors (Lipinski definition) is 2. The summed E-state index contributed by atoms with van der Waals surface area (Å²) >= 11 is 0. The first-order valence-corrected chi connectivity index (χ1v) is 4.16. The Hall–Kier alpha value is -1.06. The third-order valence-electron chi connectivity index (χ3n) is 2.51. The van der Waals surface area contributed by atoms with Gasteiger partial charge in [-0.3, -0.25) is 10.1 Å². The SMILES string of the molecule is CC[C@]1(C(C)C)NC(=O)NC1=O. The molecular formula is C8H14N2O2. The maximum Gasteiger partial charge on any atom is 0.322 e. The molecule has 0 saturated carbocycles. The number of rotatable bonds is 2. The first-order chi connectivity index (χ1) is 5.53. The lowest BCUT2D eigenvalue weighted by Crippen LogP contribution is -2.50. The Morgan fingerprint density at radius 1 is 1.42 bits per heavy atom. The van der Waals surface area contributed by atoms with Gasteiger partial charge in [-0.15, -0.1) is 0 Å². The Balaban J connectivity index is 2.94. The molecule has 0 aliphatic carbocycles. The largest absolute Gasteiger partial charge is 0.323 e. The monoisotopic (exact) mass is 170 g/mol. The Kier molecular flexibility index (Phi) is 2.08. The highest BCUT2D eigenvalue weighted by Crippen LogP contribution is 2.24. The van der Waals surface area contributed by atoms with Gasteiger partial charge in [-0.05, 0) is 12.3 Å². The van der Waals surface area contributed by atoms with Gasteiger partial charge >= 0.3 is 6.03 Å². The molecule has 1 heterocycles. The molecule has 4 nitrogen and oxygen atoms in total. The van der Waals surface area contributed by atoms with Crippen LogP contribution in [0.25, 0.3) is 0 Å². The predicted molar refractivity (Wildman–Crippen MR) is 44.5 cm³/mol. The topological polar surface area (TPSA) is 58.2 Å². The molecule has 1 atom stereocenters. The third kappa shape index (κ3) is 1.07. The van der Waals surface area contributed by atoms with Crippen LogP contribution in [-0.2, 0) is 4.79 Å². The van der Waals surface area contributed by atoms with E-state index in [1.54, 1.807) is 0 Å². The van der Waals surface area contributed by atoms with E-state index >= 15 is 0 Å². The minimum absolute atomic E-state index is 0.119. The van der Waals surface area contributed by atoms with Crippen LogP contribution >= 0.6 is 0 Å². The van der Waals surface area contributed by atoms with Crippen molar-refractivity contribution in [1.82, 2.24) is 10.6 Å². The molecule has 1 fully saturated rings. The fourth-order valence-electron chi connectivity index (χ4n) is 1.57. The van der Waals surface area contributed by atoms with Gasteiger partial charge in [-0.2, -0.15) is 0 Å². The molecule has 0 aromatic heterocycles. The van der Waals surface area contributed by atoms with E-state index in [2.05, 4.69) is 10.6 Å². The summed E-state index contributed by atoms with van der Waals surface area (Å²) in [5.74, 6) is -0.0843. The average Bonchev–Trinajstić information content (AvgIpc) is 2.26. The molecule has 4 heteroatoms. The fraction of sp³-hybridized carbons (Fsp3) is 0.750. The van der Waals surface area contributed by atoms with E-state index in [-0.39, 0.29) is 17.9 Å². The first kappa shape index (κ1) is 9.03. The summed E-state index contributed by atoms with van der Waals surface area (Å²) in [6, 6.07) is -0.379. The zero-order valence-electron chi connectivity index (χ0n) is 7.60. The molecule has 0 unspecified atom stereocenters. The van der Waals surface area contributed by atoms with Gasteiger partial charge in [0, 0.05) is 0 Å². The van der Waals surface area contributed by atoms with Crippen LogP contribution in [0.5, 0.6) is 0 Å². The summed E-state index contributed by atoms with van der Waals surface area (Å²) in [6.07, 6.45) is 0.627. The first-order valence-electron chi connectivity index (χ1n) is 4.16. The number of imide groups is 1. The van der Waals surface area contributed by atoms with Crippen molar-refractivity contribution >= 4 is 11.9 Å². The maximum absolute atomic E-state index is 11.4. The molecule has 1 saturated heterocycles. The summed E-state index contributed by atoms with van der Waals surface area (Å²) in [5, 5.41) is 4.92. The normalized spacial score (nSPS) is 29.0. The Bertz CT molecular complexity index is 225. The van der Waals surface area contributed by atoms with Gasteiger partial charge in [0.25, 0.3) is 5.91 Å². The molecule has 1 aliphatic heterocycles. The van der Waals surface area contributed by atoms with Gasteiger partial charge in [0.15, 0.2) is 0 Å². The average molecular weight is 170 g/mol. The zero-order chi connectivity index (χ0) is 9.35. The van der Waals surface area contributed by atoms with Crippen LogP contribution in [0.1, 0.15) is 27.2 Å². The number of carbonyl (C=O) groups is 2. The molecule has 0 spiro atoms. The van der Waals surface area contributed by atoms with Gasteiger partial charge in [-0.25, -0.2) is 4.79 Å². The molecule has 68 valence electrons. The Morgan fingerprint density at radius 3 is 2.17 bits per heavy atom. The molecule has 2 N–H and O–H groups in total. The second-order valence-corrected chi connectivity index (χ2v) is 3.39. The number of hydrogen-bond donors (Lipinski definition) is 2. The van der Waals surface area contributed by atoms with E-state index in [9.17, 15) is 9.59 Å². The number of nitrogens with one attached hydrogen (secondary N) is 2. The van der Waals surface area contributed by atoms with E-state index < -0.39 is 5.54 Å². The molecule has 0 bridgehead atoms. The highest BCUT2D eigenvalue weighted by Gasteiger charge is 2.46. The summed E-state index contributed by atoms with van der Waals surface area (Å²) in [6.45, 7) is 5.74. The van der Waals surface area contributed by atoms with Crippen LogP contribution in [0, 0.1) is 5.92 Å². The van der Waals surface area contributed by atoms with Crippen molar-refractivity contribution in [2.75, 3.05) is 0 Å². The van der Waals surface area contributed by atoms with Crippen LogP contribution in [0.4, 0.5) is 4.79 Å². The molecule has 1 rings (SSSR count). The van der Waals surface area contributed by atoms with E-state index in [4.69, 9.17) is 0 Å². The smallest absolute Gasteiger partial charge is 0.322 e. The number of urea groups is 1. The van der Waals surface area contributed by atoms with E-state index in [0.717, 1.165) is 0 Å². The molecule has 0 aromatic rings. The highest BCUT2D eigenvalue weighted by molar-refractivity contribution is 6.07. The van der Waals surface area contributed by atoms with Gasteiger partial charge in [0.1, 0.15) is 5.54 Å². The Labute approximate surface area is 71.7 Å². The zero-order valence-corrected chi connectivity index (χ0v) is 7.60. The minimum Gasteiger partial charge on any atom is -0.323 e. The van der Waals surface area contributed by atoms with Crippen molar-refractivity contribution < 1.29 is 9.59 Å². The van der Waals surface area contributed by atoms with E-state index in [0.29, 0.717) is 6.42 Å². The van der Waals surface area contributed by atoms with Crippen molar-refractivity contribution in [2.45, 2.75) is 32.7 Å². The lowest BCUT2D eigenvalue weighted by Gasteiger charge is -2.28. The summed E-state index contributed by atoms with van der Waals surface area (Å²) in [4.78, 5) is 22.3. The predicted octanol–water partition coefficient (Wildman–Crippen LogP) is 0.631. The van der Waals surface area contributed by atoms with Gasteiger partial charge in [-0.1, -0.05) is 20.8 Å². The number of carbonyl (C=O) groups excluding carboxylic acids is 2. The Morgan fingerprint density at radius 2 is 2.00 bits per heavy atom. The molecule has 12 heavy (non-hydrogen) atoms. The lowest BCUT2D eigenvalue weighted by atomic mass is 9.84. The fourth-order valence-corrected chi connectivity index (χ4v) is 1.57. The second kappa shape index (κ2) is 2.77. The van der Waals surface area contributed by atoms with Crippen molar-refractivity contribution in [1.29, 1.82) is 0 Å². The van der Waals surface area contributed by atoms with Crippen LogP contribution in [0.3, 0.4) is 0 Å². The quantitative estimate of drug-likeness (QED) is 0.597. The van der Waals surface area contributed by atoms with Gasteiger partial charge < -0.3 is 5.32 Å². The third-order valence-corrected chi connectivity index (χ3v) is 2.51. The van der Waals surface area contributed by atoms with Gasteiger partial charge in [0.2, 0.25) is 0 Å². The standard InChI is InChI=1S/C8H14N2O2/c1-4-8(5(2)3)6(11)9-7(12)10-8/h5H,4H2,1-3H3,(H2,9,10,11,12)/t8-/m1/s1. The molecule has 1 aliphatic rings. The molecule has 0 radical (unpaired) electrons. The van der Waals surface area contributed by atoms with E-state index in [1.165, 1.54) is 0 Å². The van der Waals surface area contributed by atoms with Gasteiger partial charge in [0.05, 0.1) is 0 Å². The number of amides is 3. The molecule has 0 aromatic carbocycles. The maximum atomic E-state index is 11.4. The highest BCUT2D eigenvalue weighted by atomic mass is 16.2. The molecular weight excluding hydrogens is 156 g/mol. The lowest BCUT2D eigenvalue weighted by molar-refractivity contribution is -0.125. The summed E-state index contributed by atoms with van der Waals surface area (Å²) in [7, 11) is 0. The van der Waals surface area contributed by atoms with Crippen LogP contribution < -0.4 is 10.6 Å². The van der Waals surface area contributed by atoms with E-state index in [1.807, 2.05) is 20.8 Å². The minimum atomic E-state index is -0.683. The summed E-state index contributed by atoms with van der Waals surface area (Å²) in [5.41, 5.74) is -0.683. The van der Waals surface area contributed by atoms with Crippen molar-refractivity contribution in [3.8, 4) is 0 Å². The van der Waals surface area contributed by atoms with Crippen molar-refractivity contribution in [3.63, 3.8) is 0 Å². The van der Waals surface area contributed by atoms with Crippen molar-refractivity contribution in [2.24, 2.45) is 5.92 Å². The van der Waals surface area contributed by atoms with Crippen LogP contribution in [0.15, 0.2) is 0 Å². The molecule has 3 amide bonds. The van der Waals surface area contributed by atoms with Crippen LogP contribution in [-0.4, -0.2) is 17.5 Å². The summed E-state index contributed by atoms with van der Waals surface area (Å²) < 4.78 is 0. The van der Waals surface area contributed by atoms with Crippen LogP contribution in [0.2, 0.25) is 0 Å². The van der Waals surface area contributed by atoms with Crippen molar-refractivity contribution in [3.05, 3.63) is 0 Å².